The molecule has 8 bridgehead atoms. The first-order valence-corrected chi connectivity index (χ1v) is 10.1. The minimum absolute atomic E-state index is 0. The fourth-order valence-corrected chi connectivity index (χ4v) is 3.91. The molecular weight excluding hydrogens is 437 g/mol. The zero-order valence-electron chi connectivity index (χ0n) is 17.0. The molecular formula is C26H19MnN5. The molecule has 0 aliphatic carbocycles. The molecule has 1 radical (unpaired) electrons. The molecule has 0 saturated heterocycles. The molecule has 32 heavy (non-hydrogen) atoms. The van der Waals surface area contributed by atoms with Crippen molar-refractivity contribution in [1.29, 1.82) is 0 Å². The fraction of sp³-hybridized carbons (Fsp3) is 0. The average Bonchev–Trinajstić information content (AvgIpc) is 3.54. The summed E-state index contributed by atoms with van der Waals surface area (Å²) in [6.45, 7) is 0. The van der Waals surface area contributed by atoms with Gasteiger partial charge in [0, 0.05) is 50.4 Å². The van der Waals surface area contributed by atoms with E-state index in [0.717, 1.165) is 61.7 Å². The number of hydrogen-bond acceptors (Lipinski definition) is 3. The molecule has 0 unspecified atom stereocenters. The molecule has 4 N–H and O–H groups in total. The van der Waals surface area contributed by atoms with Crippen LogP contribution in [0.4, 0.5) is 5.69 Å². The first-order valence-electron chi connectivity index (χ1n) is 10.1. The van der Waals surface area contributed by atoms with Gasteiger partial charge >= 0.3 is 0 Å². The van der Waals surface area contributed by atoms with Crippen LogP contribution in [0.5, 0.6) is 0 Å². The summed E-state index contributed by atoms with van der Waals surface area (Å²) in [7, 11) is 0. The van der Waals surface area contributed by atoms with Crippen LogP contribution in [0.15, 0.2) is 72.8 Å². The standard InChI is InChI=1S/C26H19N5.Mn/c27-17-3-1-16(2-4-17)25-14-24-13-22-8-7-20(29-22)11-18-5-6-19(28-18)12-21-9-10-23(30-21)15-26(25)31-24;/h1-15,29-30H,27H2;. The van der Waals surface area contributed by atoms with Crippen LogP contribution in [0.25, 0.3) is 45.9 Å². The normalized spacial score (nSPS) is 12.3. The minimum Gasteiger partial charge on any atom is -0.399 e. The summed E-state index contributed by atoms with van der Waals surface area (Å²) in [5, 5.41) is 0. The van der Waals surface area contributed by atoms with E-state index in [-0.39, 0.29) is 17.1 Å². The van der Waals surface area contributed by atoms with Crippen LogP contribution >= 0.6 is 0 Å². The van der Waals surface area contributed by atoms with E-state index in [1.165, 1.54) is 0 Å². The summed E-state index contributed by atoms with van der Waals surface area (Å²) >= 11 is 0. The van der Waals surface area contributed by atoms with Crippen LogP contribution < -0.4 is 5.73 Å². The smallest absolute Gasteiger partial charge is 0.0736 e. The number of anilines is 1. The van der Waals surface area contributed by atoms with Crippen molar-refractivity contribution in [2.75, 3.05) is 5.73 Å². The number of aromatic amines is 2. The number of nitrogen functional groups attached to an aromatic ring is 1. The molecule has 2 aliphatic heterocycles. The zero-order valence-corrected chi connectivity index (χ0v) is 18.2. The summed E-state index contributed by atoms with van der Waals surface area (Å²) in [5.41, 5.74) is 16.4. The van der Waals surface area contributed by atoms with Gasteiger partial charge in [-0.05, 0) is 84.5 Å². The SMILES string of the molecule is Nc1ccc(C2=Cc3cc4ccc(cc5nc(cc6ccc(cc2n3)[nH]6)C=C5)[nH]4)cc1.[Mn]. The molecule has 3 aromatic heterocycles. The van der Waals surface area contributed by atoms with Crippen molar-refractivity contribution in [1.82, 2.24) is 19.9 Å². The van der Waals surface area contributed by atoms with Crippen molar-refractivity contribution in [3.63, 3.8) is 0 Å². The van der Waals surface area contributed by atoms with E-state index >= 15 is 0 Å². The van der Waals surface area contributed by atoms with Crippen LogP contribution in [-0.2, 0) is 17.1 Å². The molecule has 5 nitrogen and oxygen atoms in total. The molecule has 4 aromatic rings. The molecule has 0 saturated carbocycles. The van der Waals surface area contributed by atoms with Gasteiger partial charge in [0.2, 0.25) is 0 Å². The number of benzene rings is 1. The number of nitrogens with zero attached hydrogens (tertiary/aromatic N) is 2. The van der Waals surface area contributed by atoms with Gasteiger partial charge in [0.25, 0.3) is 0 Å². The number of nitrogens with two attached hydrogens (primary N) is 1. The first kappa shape index (κ1) is 20.1. The monoisotopic (exact) mass is 456 g/mol. The van der Waals surface area contributed by atoms with Crippen molar-refractivity contribution in [3.05, 3.63) is 101 Å². The van der Waals surface area contributed by atoms with E-state index in [4.69, 9.17) is 10.7 Å². The van der Waals surface area contributed by atoms with Gasteiger partial charge in [-0.25, -0.2) is 9.97 Å². The molecule has 0 fully saturated rings. The van der Waals surface area contributed by atoms with Crippen LogP contribution in [0.3, 0.4) is 0 Å². The van der Waals surface area contributed by atoms with E-state index in [2.05, 4.69) is 57.4 Å². The van der Waals surface area contributed by atoms with Crippen molar-refractivity contribution < 1.29 is 17.1 Å². The van der Waals surface area contributed by atoms with Gasteiger partial charge in [-0.3, -0.25) is 0 Å². The topological polar surface area (TPSA) is 83.4 Å². The second kappa shape index (κ2) is 8.00. The largest absolute Gasteiger partial charge is 0.399 e. The van der Waals surface area contributed by atoms with E-state index in [1.807, 2.05) is 48.6 Å². The Morgan fingerprint density at radius 2 is 1.12 bits per heavy atom. The maximum Gasteiger partial charge on any atom is 0.0736 e. The van der Waals surface area contributed by atoms with Crippen LogP contribution in [-0.4, -0.2) is 19.9 Å². The summed E-state index contributed by atoms with van der Waals surface area (Å²) in [6.07, 6.45) is 6.15. The Morgan fingerprint density at radius 3 is 1.72 bits per heavy atom. The Morgan fingerprint density at radius 1 is 0.594 bits per heavy atom. The number of fused-ring (bicyclic) bond motifs is 8. The van der Waals surface area contributed by atoms with E-state index < -0.39 is 0 Å². The third-order valence-corrected chi connectivity index (χ3v) is 5.39. The first-order chi connectivity index (χ1) is 15.2. The van der Waals surface area contributed by atoms with Crippen LogP contribution in [0, 0.1) is 0 Å². The van der Waals surface area contributed by atoms with E-state index in [1.54, 1.807) is 0 Å². The Labute approximate surface area is 195 Å². The van der Waals surface area contributed by atoms with Gasteiger partial charge in [-0.1, -0.05) is 12.1 Å². The van der Waals surface area contributed by atoms with Gasteiger partial charge in [-0.2, -0.15) is 0 Å². The quantitative estimate of drug-likeness (QED) is 0.221. The fourth-order valence-electron chi connectivity index (χ4n) is 3.91. The molecule has 0 spiro atoms. The number of rotatable bonds is 1. The summed E-state index contributed by atoms with van der Waals surface area (Å²) in [6, 6.07) is 24.3. The minimum atomic E-state index is 0. The Balaban J connectivity index is 0.00000216. The maximum absolute atomic E-state index is 5.89. The average molecular weight is 456 g/mol. The molecule has 6 heteroatoms. The van der Waals surface area contributed by atoms with Crippen molar-refractivity contribution in [2.45, 2.75) is 0 Å². The number of hydrogen-bond donors (Lipinski definition) is 3. The molecule has 0 atom stereocenters. The third-order valence-electron chi connectivity index (χ3n) is 5.39. The van der Waals surface area contributed by atoms with Gasteiger partial charge in [-0.15, -0.1) is 0 Å². The summed E-state index contributed by atoms with van der Waals surface area (Å²) < 4.78 is 0. The molecule has 1 aromatic carbocycles. The Bertz CT molecular complexity index is 1540. The van der Waals surface area contributed by atoms with Crippen LogP contribution in [0.2, 0.25) is 0 Å². The Kier molecular flexibility index (Phi) is 5.02. The second-order valence-electron chi connectivity index (χ2n) is 7.71. The second-order valence-corrected chi connectivity index (χ2v) is 7.71. The molecule has 5 heterocycles. The van der Waals surface area contributed by atoms with E-state index in [0.29, 0.717) is 0 Å². The maximum atomic E-state index is 5.89. The summed E-state index contributed by atoms with van der Waals surface area (Å²) in [5.74, 6) is 0. The summed E-state index contributed by atoms with van der Waals surface area (Å²) in [4.78, 5) is 16.5. The molecule has 155 valence electrons. The van der Waals surface area contributed by atoms with Crippen molar-refractivity contribution in [2.24, 2.45) is 0 Å². The molecule has 6 rings (SSSR count). The molecule has 0 amide bonds. The van der Waals surface area contributed by atoms with Gasteiger partial charge in [0.05, 0.1) is 22.8 Å². The van der Waals surface area contributed by atoms with E-state index in [9.17, 15) is 0 Å². The van der Waals surface area contributed by atoms with Gasteiger partial charge in [0.1, 0.15) is 0 Å². The van der Waals surface area contributed by atoms with Crippen molar-refractivity contribution >= 4 is 51.6 Å². The predicted molar refractivity (Wildman–Crippen MR) is 128 cm³/mol. The number of H-pyrrole nitrogens is 2. The number of aromatic nitrogens is 4. The number of nitrogens with one attached hydrogen (secondary N) is 2. The van der Waals surface area contributed by atoms with Gasteiger partial charge < -0.3 is 15.7 Å². The van der Waals surface area contributed by atoms with Gasteiger partial charge in [0.15, 0.2) is 0 Å². The third kappa shape index (κ3) is 3.89. The predicted octanol–water partition coefficient (Wildman–Crippen LogP) is 5.65. The zero-order chi connectivity index (χ0) is 20.8. The van der Waals surface area contributed by atoms with Crippen molar-refractivity contribution in [3.8, 4) is 0 Å². The van der Waals surface area contributed by atoms with Crippen LogP contribution in [0.1, 0.15) is 28.3 Å². The molecule has 2 aliphatic rings. The Hall–Kier alpha value is -3.86.